The molecule has 4 rings (SSSR count). The average molecular weight is 743 g/mol. The van der Waals surface area contributed by atoms with Gasteiger partial charge < -0.3 is 4.74 Å². The van der Waals surface area contributed by atoms with Crippen LogP contribution in [0.4, 0.5) is 0 Å². The number of alkyl halides is 2. The topological polar surface area (TPSA) is 26.3 Å². The maximum atomic E-state index is 12.9. The first-order valence-corrected chi connectivity index (χ1v) is 21.2. The van der Waals surface area contributed by atoms with Gasteiger partial charge in [-0.3, -0.25) is 4.79 Å². The Balaban J connectivity index is 1.26. The SMILES string of the molecule is CCCCCCCCCCCCC(=O)O[C@H]1CC[C@]2(C)[C@@H]3CC[C@@]4(C)[C@H](CC[C@H]4[C@@H](C)CCCC(C)C)[C@H]3C[C@H](Br)[C@@]2(Br)C1. The Morgan fingerprint density at radius 2 is 1.48 bits per heavy atom. The molecule has 0 heterocycles. The van der Waals surface area contributed by atoms with Crippen molar-refractivity contribution in [2.45, 2.75) is 198 Å². The predicted octanol–water partition coefficient (Wildman–Crippen LogP) is 13.2. The molecule has 10 atom stereocenters. The summed E-state index contributed by atoms with van der Waals surface area (Å²) in [4.78, 5) is 13.3. The van der Waals surface area contributed by atoms with Crippen LogP contribution < -0.4 is 0 Å². The molecule has 4 aliphatic carbocycles. The molecule has 0 saturated heterocycles. The number of halogens is 2. The van der Waals surface area contributed by atoms with Gasteiger partial charge in [0.05, 0.1) is 0 Å². The minimum atomic E-state index is 0.0113. The van der Waals surface area contributed by atoms with Gasteiger partial charge in [-0.15, -0.1) is 0 Å². The summed E-state index contributed by atoms with van der Waals surface area (Å²) >= 11 is 8.70. The van der Waals surface area contributed by atoms with E-state index in [9.17, 15) is 4.79 Å². The van der Waals surface area contributed by atoms with E-state index in [1.54, 1.807) is 0 Å². The van der Waals surface area contributed by atoms with Crippen LogP contribution >= 0.6 is 31.9 Å². The minimum absolute atomic E-state index is 0.0113. The Morgan fingerprint density at radius 3 is 2.14 bits per heavy atom. The Morgan fingerprint density at radius 1 is 0.818 bits per heavy atom. The lowest BCUT2D eigenvalue weighted by molar-refractivity contribution is -0.158. The lowest BCUT2D eigenvalue weighted by Crippen LogP contribution is -2.64. The van der Waals surface area contributed by atoms with Gasteiger partial charge in [-0.25, -0.2) is 0 Å². The Bertz CT molecular complexity index is 891. The van der Waals surface area contributed by atoms with Gasteiger partial charge >= 0.3 is 5.97 Å². The third-order valence-electron chi connectivity index (χ3n) is 13.9. The van der Waals surface area contributed by atoms with E-state index in [2.05, 4.69) is 73.4 Å². The van der Waals surface area contributed by atoms with E-state index in [1.165, 1.54) is 116 Å². The van der Waals surface area contributed by atoms with E-state index in [1.807, 2.05) is 0 Å². The molecule has 0 N–H and O–H groups in total. The quantitative estimate of drug-likeness (QED) is 0.0843. The molecule has 4 saturated carbocycles. The Labute approximate surface area is 290 Å². The largest absolute Gasteiger partial charge is 0.462 e. The van der Waals surface area contributed by atoms with Crippen molar-refractivity contribution < 1.29 is 9.53 Å². The van der Waals surface area contributed by atoms with Gasteiger partial charge in [0.1, 0.15) is 6.10 Å². The predicted molar refractivity (Wildman–Crippen MR) is 196 cm³/mol. The third-order valence-corrected chi connectivity index (χ3v) is 17.5. The van der Waals surface area contributed by atoms with Gasteiger partial charge in [0.2, 0.25) is 0 Å². The van der Waals surface area contributed by atoms with Crippen molar-refractivity contribution in [3.05, 3.63) is 0 Å². The molecule has 44 heavy (non-hydrogen) atoms. The smallest absolute Gasteiger partial charge is 0.306 e. The number of ether oxygens (including phenoxy) is 1. The van der Waals surface area contributed by atoms with Crippen molar-refractivity contribution in [3.8, 4) is 0 Å². The van der Waals surface area contributed by atoms with Crippen molar-refractivity contribution in [1.82, 2.24) is 0 Å². The summed E-state index contributed by atoms with van der Waals surface area (Å²) in [5, 5.41) is 0. The highest BCUT2D eigenvalue weighted by Crippen LogP contribution is 2.71. The fraction of sp³-hybridized carbons (Fsp3) is 0.975. The fourth-order valence-electron chi connectivity index (χ4n) is 11.3. The zero-order chi connectivity index (χ0) is 32.0. The molecule has 0 unspecified atom stereocenters. The summed E-state index contributed by atoms with van der Waals surface area (Å²) < 4.78 is 6.21. The van der Waals surface area contributed by atoms with Gasteiger partial charge in [-0.2, -0.15) is 0 Å². The van der Waals surface area contributed by atoms with Crippen LogP contribution in [0.25, 0.3) is 0 Å². The molecule has 4 heteroatoms. The third kappa shape index (κ3) is 8.34. The van der Waals surface area contributed by atoms with Crippen LogP contribution in [-0.4, -0.2) is 21.2 Å². The van der Waals surface area contributed by atoms with E-state index in [4.69, 9.17) is 4.74 Å². The standard InChI is InChI=1S/C40H70Br2O2/c1-7-8-9-10-11-12-13-14-15-16-20-37(43)44-31-23-26-39(6)35-24-25-38(5)33(30(4)19-17-18-29(2)3)21-22-34(38)32(35)27-36(41)40(39,42)28-31/h29-36H,7-28H2,1-6H3/t30-,31-,32+,33-,34+,35+,36-,38+,39+,40-/m0/s1. The second-order valence-electron chi connectivity index (χ2n) is 17.2. The van der Waals surface area contributed by atoms with E-state index >= 15 is 0 Å². The molecule has 0 amide bonds. The summed E-state index contributed by atoms with van der Waals surface area (Å²) in [5.41, 5.74) is 0.779. The number of rotatable bonds is 17. The number of carbonyl (C=O) groups excluding carboxylic acids is 1. The summed E-state index contributed by atoms with van der Waals surface area (Å²) in [6.07, 6.45) is 28.0. The van der Waals surface area contributed by atoms with Crippen LogP contribution in [0.3, 0.4) is 0 Å². The monoisotopic (exact) mass is 740 g/mol. The Kier molecular flexibility index (Phi) is 14.1. The number of fused-ring (bicyclic) bond motifs is 5. The molecular weight excluding hydrogens is 672 g/mol. The van der Waals surface area contributed by atoms with E-state index in [0.717, 1.165) is 54.8 Å². The van der Waals surface area contributed by atoms with Crippen LogP contribution in [0.5, 0.6) is 0 Å². The van der Waals surface area contributed by atoms with Gasteiger partial charge in [-0.05, 0) is 97.7 Å². The first-order valence-electron chi connectivity index (χ1n) is 19.5. The summed E-state index contributed by atoms with van der Waals surface area (Å²) in [5.74, 6) is 5.13. The zero-order valence-electron chi connectivity index (χ0n) is 29.7. The van der Waals surface area contributed by atoms with Gasteiger partial charge in [0, 0.05) is 22.0 Å². The van der Waals surface area contributed by atoms with Crippen molar-refractivity contribution in [2.24, 2.45) is 46.3 Å². The molecule has 0 radical (unpaired) electrons. The number of carbonyl (C=O) groups is 1. The second kappa shape index (κ2) is 16.7. The maximum Gasteiger partial charge on any atom is 0.306 e. The Hall–Kier alpha value is 0.430. The van der Waals surface area contributed by atoms with Crippen LogP contribution in [-0.2, 0) is 9.53 Å². The normalized spacial score (nSPS) is 39.0. The average Bonchev–Trinajstić information content (AvgIpc) is 3.33. The molecule has 0 spiro atoms. The summed E-state index contributed by atoms with van der Waals surface area (Å²) in [6, 6.07) is 0. The van der Waals surface area contributed by atoms with Crippen molar-refractivity contribution in [3.63, 3.8) is 0 Å². The molecule has 0 aromatic heterocycles. The minimum Gasteiger partial charge on any atom is -0.462 e. The van der Waals surface area contributed by atoms with E-state index < -0.39 is 0 Å². The van der Waals surface area contributed by atoms with Crippen LogP contribution in [0, 0.1) is 46.3 Å². The highest BCUT2D eigenvalue weighted by atomic mass is 79.9. The van der Waals surface area contributed by atoms with Crippen LogP contribution in [0.1, 0.15) is 183 Å². The molecule has 0 aliphatic heterocycles. The first kappa shape index (κ1) is 37.3. The summed E-state index contributed by atoms with van der Waals surface area (Å²) in [7, 11) is 0. The first-order chi connectivity index (χ1) is 21.0. The fourth-order valence-corrected chi connectivity index (χ4v) is 13.5. The van der Waals surface area contributed by atoms with Crippen LogP contribution in [0.2, 0.25) is 0 Å². The van der Waals surface area contributed by atoms with Crippen molar-refractivity contribution >= 4 is 37.8 Å². The second-order valence-corrected chi connectivity index (χ2v) is 19.7. The van der Waals surface area contributed by atoms with Crippen molar-refractivity contribution in [1.29, 1.82) is 0 Å². The van der Waals surface area contributed by atoms with E-state index in [0.29, 0.717) is 16.7 Å². The van der Waals surface area contributed by atoms with Gasteiger partial charge in [0.25, 0.3) is 0 Å². The maximum absolute atomic E-state index is 12.9. The van der Waals surface area contributed by atoms with Gasteiger partial charge in [0.15, 0.2) is 0 Å². The lowest BCUT2D eigenvalue weighted by Gasteiger charge is -2.66. The molecule has 2 nitrogen and oxygen atoms in total. The summed E-state index contributed by atoms with van der Waals surface area (Å²) in [6.45, 7) is 14.9. The number of esters is 1. The van der Waals surface area contributed by atoms with Crippen LogP contribution in [0.15, 0.2) is 0 Å². The molecular formula is C40H70Br2O2. The number of unbranched alkanes of at least 4 members (excludes halogenated alkanes) is 9. The number of hydrogen-bond donors (Lipinski definition) is 0. The highest BCUT2D eigenvalue weighted by molar-refractivity contribution is 9.12. The number of hydrogen-bond acceptors (Lipinski definition) is 2. The molecule has 0 aromatic carbocycles. The van der Waals surface area contributed by atoms with Gasteiger partial charge in [-0.1, -0.05) is 150 Å². The zero-order valence-corrected chi connectivity index (χ0v) is 32.9. The van der Waals surface area contributed by atoms with Crippen molar-refractivity contribution in [2.75, 3.05) is 0 Å². The highest BCUT2D eigenvalue weighted by Gasteiger charge is 2.67. The molecule has 0 bridgehead atoms. The lowest BCUT2D eigenvalue weighted by atomic mass is 9.44. The van der Waals surface area contributed by atoms with E-state index in [-0.39, 0.29) is 21.8 Å². The molecule has 4 fully saturated rings. The molecule has 0 aromatic rings. The molecule has 256 valence electrons. The molecule has 4 aliphatic rings.